The van der Waals surface area contributed by atoms with Crippen molar-refractivity contribution in [3.05, 3.63) is 0 Å². The number of carbonyl (C=O) groups is 1. The smallest absolute Gasteiger partial charge is 0.0483 e. The molecule has 0 amide bonds. The van der Waals surface area contributed by atoms with Gasteiger partial charge in [0.1, 0.15) is 0 Å². The molecule has 0 aromatic carbocycles. The molecule has 0 rings (SSSR count). The first-order valence-corrected chi connectivity index (χ1v) is 3.38. The number of rotatable bonds is 2. The number of carbonyl (C=O) groups excluding carboxylic acids is 1. The summed E-state index contributed by atoms with van der Waals surface area (Å²) >= 11 is 0. The SMILES string of the molecule is CC(C)O.CCCC(=O)[O-]. The minimum Gasteiger partial charge on any atom is -0.550 e. The lowest BCUT2D eigenvalue weighted by atomic mass is 10.4. The minimum atomic E-state index is -0.961. The summed E-state index contributed by atoms with van der Waals surface area (Å²) in [5, 5.41) is 17.5. The van der Waals surface area contributed by atoms with Crippen LogP contribution in [0, 0.1) is 0 Å². The molecule has 0 unspecified atom stereocenters. The number of aliphatic carboxylic acids is 1. The molecular weight excluding hydrogens is 132 g/mol. The van der Waals surface area contributed by atoms with Gasteiger partial charge in [-0.25, -0.2) is 0 Å². The van der Waals surface area contributed by atoms with Gasteiger partial charge in [-0.05, 0) is 20.3 Å². The third kappa shape index (κ3) is 52.0. The molecule has 0 atom stereocenters. The first kappa shape index (κ1) is 12.1. The van der Waals surface area contributed by atoms with Crippen molar-refractivity contribution >= 4 is 5.97 Å². The van der Waals surface area contributed by atoms with Gasteiger partial charge in [-0.1, -0.05) is 13.3 Å². The third-order valence-corrected chi connectivity index (χ3v) is 0.454. The van der Waals surface area contributed by atoms with E-state index < -0.39 is 5.97 Å². The van der Waals surface area contributed by atoms with Crippen LogP contribution in [-0.4, -0.2) is 17.2 Å². The molecule has 0 radical (unpaired) electrons. The fourth-order valence-electron chi connectivity index (χ4n) is 0.204. The fourth-order valence-corrected chi connectivity index (χ4v) is 0.204. The Kier molecular flexibility index (Phi) is 10.2. The quantitative estimate of drug-likeness (QED) is 0.594. The summed E-state index contributed by atoms with van der Waals surface area (Å²) < 4.78 is 0. The van der Waals surface area contributed by atoms with Crippen molar-refractivity contribution in [1.82, 2.24) is 0 Å². The lowest BCUT2D eigenvalue weighted by Gasteiger charge is -1.92. The number of hydrogen-bond acceptors (Lipinski definition) is 3. The van der Waals surface area contributed by atoms with E-state index in [9.17, 15) is 9.90 Å². The summed E-state index contributed by atoms with van der Waals surface area (Å²) in [5.41, 5.74) is 0. The molecule has 0 saturated carbocycles. The Labute approximate surface area is 61.7 Å². The maximum absolute atomic E-state index is 9.49. The van der Waals surface area contributed by atoms with Gasteiger partial charge in [-0.15, -0.1) is 0 Å². The molecule has 3 nitrogen and oxygen atoms in total. The van der Waals surface area contributed by atoms with E-state index in [-0.39, 0.29) is 12.5 Å². The summed E-state index contributed by atoms with van der Waals surface area (Å²) in [7, 11) is 0. The molecule has 0 fully saturated rings. The van der Waals surface area contributed by atoms with Gasteiger partial charge < -0.3 is 15.0 Å². The highest BCUT2D eigenvalue weighted by atomic mass is 16.4. The molecule has 0 aromatic rings. The first-order chi connectivity index (χ1) is 4.50. The van der Waals surface area contributed by atoms with E-state index in [2.05, 4.69) is 0 Å². The van der Waals surface area contributed by atoms with Crippen LogP contribution in [0.5, 0.6) is 0 Å². The Morgan fingerprint density at radius 3 is 1.90 bits per heavy atom. The van der Waals surface area contributed by atoms with E-state index in [0.29, 0.717) is 6.42 Å². The van der Waals surface area contributed by atoms with Crippen molar-refractivity contribution in [1.29, 1.82) is 0 Å². The number of carboxylic acid groups (broad SMARTS) is 1. The molecule has 0 aromatic heterocycles. The summed E-state index contributed by atoms with van der Waals surface area (Å²) in [5.74, 6) is -0.961. The topological polar surface area (TPSA) is 60.4 Å². The molecule has 0 saturated heterocycles. The maximum atomic E-state index is 9.49. The fraction of sp³-hybridized carbons (Fsp3) is 0.857. The second kappa shape index (κ2) is 8.43. The number of aliphatic hydroxyl groups excluding tert-OH is 1. The van der Waals surface area contributed by atoms with Crippen LogP contribution >= 0.6 is 0 Å². The molecule has 0 bridgehead atoms. The predicted molar refractivity (Wildman–Crippen MR) is 37.3 cm³/mol. The molecular formula is C7H15O3-. The van der Waals surface area contributed by atoms with Gasteiger partial charge in [-0.3, -0.25) is 0 Å². The van der Waals surface area contributed by atoms with Crippen LogP contribution in [0.2, 0.25) is 0 Å². The molecule has 0 aliphatic heterocycles. The molecule has 0 heterocycles. The zero-order valence-electron chi connectivity index (χ0n) is 6.76. The van der Waals surface area contributed by atoms with Crippen LogP contribution in [0.25, 0.3) is 0 Å². The summed E-state index contributed by atoms with van der Waals surface area (Å²) in [4.78, 5) is 9.49. The number of hydrogen-bond donors (Lipinski definition) is 1. The lowest BCUT2D eigenvalue weighted by Crippen LogP contribution is -2.20. The van der Waals surface area contributed by atoms with E-state index in [4.69, 9.17) is 5.11 Å². The molecule has 0 aliphatic rings. The summed E-state index contributed by atoms with van der Waals surface area (Å²) in [6, 6.07) is 0. The van der Waals surface area contributed by atoms with E-state index in [0.717, 1.165) is 0 Å². The Morgan fingerprint density at radius 2 is 1.90 bits per heavy atom. The van der Waals surface area contributed by atoms with Crippen LogP contribution in [0.4, 0.5) is 0 Å². The predicted octanol–water partition coefficient (Wildman–Crippen LogP) is -0.0765. The molecule has 62 valence electrons. The average Bonchev–Trinajstić information content (AvgIpc) is 1.62. The van der Waals surface area contributed by atoms with E-state index in [1.165, 1.54) is 0 Å². The monoisotopic (exact) mass is 147 g/mol. The first-order valence-electron chi connectivity index (χ1n) is 3.38. The summed E-state index contributed by atoms with van der Waals surface area (Å²) in [6.07, 6.45) is 0.683. The normalized spacial score (nSPS) is 8.50. The molecule has 10 heavy (non-hydrogen) atoms. The number of aliphatic hydroxyl groups is 1. The Balaban J connectivity index is 0. The maximum Gasteiger partial charge on any atom is 0.0483 e. The molecule has 3 heteroatoms. The van der Waals surface area contributed by atoms with Crippen molar-refractivity contribution in [3.8, 4) is 0 Å². The Bertz CT molecular complexity index is 76.2. The zero-order valence-corrected chi connectivity index (χ0v) is 6.76. The third-order valence-electron chi connectivity index (χ3n) is 0.454. The average molecular weight is 147 g/mol. The van der Waals surface area contributed by atoms with Crippen LogP contribution in [0.1, 0.15) is 33.6 Å². The van der Waals surface area contributed by atoms with Crippen LogP contribution in [0.15, 0.2) is 0 Å². The highest BCUT2D eigenvalue weighted by molar-refractivity contribution is 5.63. The zero-order chi connectivity index (χ0) is 8.57. The van der Waals surface area contributed by atoms with Gasteiger partial charge in [0.25, 0.3) is 0 Å². The molecule has 1 N–H and O–H groups in total. The van der Waals surface area contributed by atoms with Crippen molar-refractivity contribution in [2.45, 2.75) is 39.7 Å². The van der Waals surface area contributed by atoms with Crippen molar-refractivity contribution in [2.75, 3.05) is 0 Å². The van der Waals surface area contributed by atoms with Crippen LogP contribution < -0.4 is 5.11 Å². The number of carboxylic acids is 1. The van der Waals surface area contributed by atoms with Crippen LogP contribution in [-0.2, 0) is 4.79 Å². The Morgan fingerprint density at radius 1 is 1.60 bits per heavy atom. The Hall–Kier alpha value is -0.570. The second-order valence-corrected chi connectivity index (χ2v) is 2.22. The van der Waals surface area contributed by atoms with Crippen molar-refractivity contribution in [2.24, 2.45) is 0 Å². The standard InChI is InChI=1S/C4H8O2.C3H8O/c1-2-3-4(5)6;1-3(2)4/h2-3H2,1H3,(H,5,6);3-4H,1-2H3/p-1. The molecule has 0 aliphatic carbocycles. The van der Waals surface area contributed by atoms with Crippen molar-refractivity contribution < 1.29 is 15.0 Å². The van der Waals surface area contributed by atoms with Gasteiger partial charge in [0, 0.05) is 12.1 Å². The van der Waals surface area contributed by atoms with Gasteiger partial charge in [-0.2, -0.15) is 0 Å². The van der Waals surface area contributed by atoms with Gasteiger partial charge in [0.15, 0.2) is 0 Å². The van der Waals surface area contributed by atoms with Gasteiger partial charge in [0.05, 0.1) is 0 Å². The van der Waals surface area contributed by atoms with Gasteiger partial charge >= 0.3 is 0 Å². The van der Waals surface area contributed by atoms with Gasteiger partial charge in [0.2, 0.25) is 0 Å². The van der Waals surface area contributed by atoms with E-state index in [1.807, 2.05) is 0 Å². The van der Waals surface area contributed by atoms with E-state index >= 15 is 0 Å². The summed E-state index contributed by atoms with van der Waals surface area (Å²) in [6.45, 7) is 5.25. The highest BCUT2D eigenvalue weighted by Gasteiger charge is 1.75. The highest BCUT2D eigenvalue weighted by Crippen LogP contribution is 1.79. The lowest BCUT2D eigenvalue weighted by molar-refractivity contribution is -0.305. The molecule has 0 spiro atoms. The van der Waals surface area contributed by atoms with Crippen molar-refractivity contribution in [3.63, 3.8) is 0 Å². The van der Waals surface area contributed by atoms with Crippen LogP contribution in [0.3, 0.4) is 0 Å². The largest absolute Gasteiger partial charge is 0.550 e. The minimum absolute atomic E-state index is 0.167. The second-order valence-electron chi connectivity index (χ2n) is 2.22. The van der Waals surface area contributed by atoms with E-state index in [1.54, 1.807) is 20.8 Å².